The number of carbonyl (C=O) groups excluding carboxylic acids is 1. The molecule has 0 unspecified atom stereocenters. The lowest BCUT2D eigenvalue weighted by Gasteiger charge is -2.09. The maximum absolute atomic E-state index is 12.9. The Balaban J connectivity index is 1.73. The number of carbonyl (C=O) groups is 1. The first-order valence-corrected chi connectivity index (χ1v) is 10.1. The summed E-state index contributed by atoms with van der Waals surface area (Å²) in [6.07, 6.45) is -0.0225. The molecule has 29 heavy (non-hydrogen) atoms. The van der Waals surface area contributed by atoms with Gasteiger partial charge in [-0.1, -0.05) is 17.7 Å². The molecule has 0 aliphatic heterocycles. The van der Waals surface area contributed by atoms with Crippen LogP contribution in [0.3, 0.4) is 0 Å². The minimum atomic E-state index is -3.95. The van der Waals surface area contributed by atoms with E-state index in [1.165, 1.54) is 30.3 Å². The highest BCUT2D eigenvalue weighted by Gasteiger charge is 2.17. The highest BCUT2D eigenvalue weighted by Crippen LogP contribution is 2.24. The number of ether oxygens (including phenoxy) is 1. The van der Waals surface area contributed by atoms with Crippen LogP contribution in [0.25, 0.3) is 0 Å². The molecule has 156 valence electrons. The van der Waals surface area contributed by atoms with Crippen molar-refractivity contribution in [3.8, 4) is 5.75 Å². The maximum atomic E-state index is 12.9. The smallest absolute Gasteiger partial charge is 0.270 e. The summed E-state index contributed by atoms with van der Waals surface area (Å²) >= 11 is 5.80. The lowest BCUT2D eigenvalue weighted by atomic mass is 10.3. The van der Waals surface area contributed by atoms with Crippen molar-refractivity contribution in [1.82, 2.24) is 10.0 Å². The van der Waals surface area contributed by atoms with Crippen LogP contribution >= 0.6 is 11.6 Å². The molecule has 0 aliphatic rings. The number of nitrogens with one attached hydrogen (secondary N) is 2. The second-order valence-corrected chi connectivity index (χ2v) is 7.85. The van der Waals surface area contributed by atoms with Gasteiger partial charge in [0.2, 0.25) is 15.9 Å². The van der Waals surface area contributed by atoms with E-state index >= 15 is 0 Å². The molecule has 2 N–H and O–H groups in total. The average Bonchev–Trinajstić information content (AvgIpc) is 2.67. The summed E-state index contributed by atoms with van der Waals surface area (Å²) in [6, 6.07) is 8.23. The Morgan fingerprint density at radius 1 is 1.21 bits per heavy atom. The lowest BCUT2D eigenvalue weighted by Crippen LogP contribution is -2.35. The normalized spacial score (nSPS) is 11.1. The van der Waals surface area contributed by atoms with Crippen LogP contribution in [-0.4, -0.2) is 38.9 Å². The fourth-order valence-corrected chi connectivity index (χ4v) is 3.46. The monoisotopic (exact) mass is 445 g/mol. The zero-order valence-corrected chi connectivity index (χ0v) is 16.5. The van der Waals surface area contributed by atoms with Gasteiger partial charge in [-0.15, -0.1) is 0 Å². The Kier molecular flexibility index (Phi) is 7.88. The van der Waals surface area contributed by atoms with Gasteiger partial charge in [0.1, 0.15) is 11.6 Å². The predicted molar refractivity (Wildman–Crippen MR) is 103 cm³/mol. The van der Waals surface area contributed by atoms with E-state index < -0.39 is 26.7 Å². The highest BCUT2D eigenvalue weighted by molar-refractivity contribution is 7.89. The standard InChI is InChI=1S/C17H17ClFN3O6S/c18-15-10-12(19)4-5-16(15)28-9-6-17(23)20-7-8-21-29(26,27)14-3-1-2-13(11-14)22(24)25/h1-5,10-11,21H,6-9H2,(H,20,23). The molecular formula is C17H17ClFN3O6S. The number of amides is 1. The first-order chi connectivity index (χ1) is 13.7. The van der Waals surface area contributed by atoms with E-state index in [9.17, 15) is 27.7 Å². The molecule has 2 aromatic rings. The number of hydrogen-bond acceptors (Lipinski definition) is 6. The van der Waals surface area contributed by atoms with Crippen LogP contribution in [0.2, 0.25) is 5.02 Å². The molecule has 0 atom stereocenters. The van der Waals surface area contributed by atoms with Crippen molar-refractivity contribution >= 4 is 33.2 Å². The second kappa shape index (κ2) is 10.1. The van der Waals surface area contributed by atoms with Gasteiger partial charge < -0.3 is 10.1 Å². The molecule has 0 saturated heterocycles. The van der Waals surface area contributed by atoms with Crippen LogP contribution in [0.15, 0.2) is 47.4 Å². The fourth-order valence-electron chi connectivity index (χ4n) is 2.17. The zero-order chi connectivity index (χ0) is 21.4. The minimum Gasteiger partial charge on any atom is -0.491 e. The number of halogens is 2. The molecule has 0 radical (unpaired) electrons. The number of benzene rings is 2. The zero-order valence-electron chi connectivity index (χ0n) is 14.9. The Hall–Kier alpha value is -2.76. The van der Waals surface area contributed by atoms with E-state index in [2.05, 4.69) is 10.0 Å². The molecule has 0 heterocycles. The minimum absolute atomic E-state index is 0.00338. The van der Waals surface area contributed by atoms with Gasteiger partial charge in [0.25, 0.3) is 5.69 Å². The topological polar surface area (TPSA) is 128 Å². The number of nitrogens with zero attached hydrogens (tertiary/aromatic N) is 1. The Morgan fingerprint density at radius 2 is 1.97 bits per heavy atom. The van der Waals surface area contributed by atoms with E-state index in [4.69, 9.17) is 16.3 Å². The van der Waals surface area contributed by atoms with Crippen molar-refractivity contribution in [1.29, 1.82) is 0 Å². The Morgan fingerprint density at radius 3 is 2.66 bits per heavy atom. The van der Waals surface area contributed by atoms with Crippen LogP contribution in [0.4, 0.5) is 10.1 Å². The molecule has 0 fully saturated rings. The third kappa shape index (κ3) is 6.97. The Bertz CT molecular complexity index is 1000. The molecule has 0 aliphatic carbocycles. The van der Waals surface area contributed by atoms with E-state index in [-0.39, 0.29) is 47.5 Å². The quantitative estimate of drug-likeness (QED) is 0.328. The van der Waals surface area contributed by atoms with Crippen molar-refractivity contribution in [2.75, 3.05) is 19.7 Å². The molecule has 1 amide bonds. The van der Waals surface area contributed by atoms with Gasteiger partial charge in [-0.2, -0.15) is 0 Å². The molecule has 0 bridgehead atoms. The van der Waals surface area contributed by atoms with E-state index in [1.807, 2.05) is 0 Å². The van der Waals surface area contributed by atoms with Gasteiger partial charge in [0, 0.05) is 25.2 Å². The fraction of sp³-hybridized carbons (Fsp3) is 0.235. The summed E-state index contributed by atoms with van der Waals surface area (Å²) in [7, 11) is -3.95. The van der Waals surface area contributed by atoms with Crippen LogP contribution in [0, 0.1) is 15.9 Å². The summed E-state index contributed by atoms with van der Waals surface area (Å²) in [5, 5.41) is 13.3. The molecule has 2 aromatic carbocycles. The van der Waals surface area contributed by atoms with Crippen molar-refractivity contribution in [2.24, 2.45) is 0 Å². The third-order valence-corrected chi connectivity index (χ3v) is 5.31. The molecule has 0 saturated carbocycles. The van der Waals surface area contributed by atoms with Crippen molar-refractivity contribution in [2.45, 2.75) is 11.3 Å². The summed E-state index contributed by atoms with van der Waals surface area (Å²) < 4.78 is 44.7. The SMILES string of the molecule is O=C(CCOc1ccc(F)cc1Cl)NCCNS(=O)(=O)c1cccc([N+](=O)[O-])c1. The molecule has 9 nitrogen and oxygen atoms in total. The number of nitro benzene ring substituents is 1. The number of rotatable bonds is 10. The van der Waals surface area contributed by atoms with Gasteiger partial charge in [0.15, 0.2) is 0 Å². The first-order valence-electron chi connectivity index (χ1n) is 8.28. The average molecular weight is 446 g/mol. The van der Waals surface area contributed by atoms with Crippen LogP contribution in [-0.2, 0) is 14.8 Å². The van der Waals surface area contributed by atoms with Crippen LogP contribution in [0.5, 0.6) is 5.75 Å². The van der Waals surface area contributed by atoms with E-state index in [0.29, 0.717) is 0 Å². The summed E-state index contributed by atoms with van der Waals surface area (Å²) in [5.74, 6) is -0.656. The summed E-state index contributed by atoms with van der Waals surface area (Å²) in [6.45, 7) is -0.109. The lowest BCUT2D eigenvalue weighted by molar-refractivity contribution is -0.385. The van der Waals surface area contributed by atoms with Gasteiger partial charge in [-0.3, -0.25) is 14.9 Å². The number of nitro groups is 1. The predicted octanol–water partition coefficient (Wildman–Crippen LogP) is 2.25. The van der Waals surface area contributed by atoms with E-state index in [1.54, 1.807) is 0 Å². The molecule has 0 spiro atoms. The van der Waals surface area contributed by atoms with Crippen molar-refractivity contribution in [3.63, 3.8) is 0 Å². The largest absolute Gasteiger partial charge is 0.491 e. The van der Waals surface area contributed by atoms with Gasteiger partial charge in [0.05, 0.1) is 27.9 Å². The maximum Gasteiger partial charge on any atom is 0.270 e. The first kappa shape index (κ1) is 22.5. The second-order valence-electron chi connectivity index (χ2n) is 5.68. The molecule has 0 aromatic heterocycles. The number of sulfonamides is 1. The van der Waals surface area contributed by atoms with Crippen LogP contribution in [0.1, 0.15) is 6.42 Å². The molecule has 2 rings (SSSR count). The van der Waals surface area contributed by atoms with Gasteiger partial charge >= 0.3 is 0 Å². The van der Waals surface area contributed by atoms with Gasteiger partial charge in [-0.05, 0) is 24.3 Å². The number of non-ortho nitro benzene ring substituents is 1. The van der Waals surface area contributed by atoms with Crippen molar-refractivity contribution in [3.05, 3.63) is 63.4 Å². The van der Waals surface area contributed by atoms with Gasteiger partial charge in [-0.25, -0.2) is 17.5 Å². The van der Waals surface area contributed by atoms with E-state index in [0.717, 1.165) is 12.1 Å². The third-order valence-electron chi connectivity index (χ3n) is 3.56. The molecular weight excluding hydrogens is 429 g/mol. The summed E-state index contributed by atoms with van der Waals surface area (Å²) in [5.41, 5.74) is -0.345. The highest BCUT2D eigenvalue weighted by atomic mass is 35.5. The Labute approximate surface area is 171 Å². The summed E-state index contributed by atoms with van der Waals surface area (Å²) in [4.78, 5) is 21.5. The molecule has 12 heteroatoms. The van der Waals surface area contributed by atoms with Crippen LogP contribution < -0.4 is 14.8 Å². The van der Waals surface area contributed by atoms with Crippen molar-refractivity contribution < 1.29 is 27.3 Å². The number of hydrogen-bond donors (Lipinski definition) is 2.